The largest absolute Gasteiger partial charge is 0.485 e. The van der Waals surface area contributed by atoms with Gasteiger partial charge < -0.3 is 14.7 Å². The number of aliphatic carboxylic acids is 1. The van der Waals surface area contributed by atoms with E-state index in [1.165, 1.54) is 6.21 Å². The summed E-state index contributed by atoms with van der Waals surface area (Å²) in [5, 5.41) is 20.5. The highest BCUT2D eigenvalue weighted by Crippen LogP contribution is 2.25. The number of nitrogens with one attached hydrogen (secondary N) is 1. The van der Waals surface area contributed by atoms with E-state index in [0.717, 1.165) is 17.7 Å². The maximum absolute atomic E-state index is 14.2. The first-order valence-electron chi connectivity index (χ1n) is 10.3. The molecule has 2 aromatic carbocycles. The third-order valence-electron chi connectivity index (χ3n) is 5.19. The molecule has 0 aliphatic carbocycles. The number of carbonyl (C=O) groups is 1. The topological polar surface area (TPSA) is 95.2 Å². The molecule has 9 heteroatoms. The van der Waals surface area contributed by atoms with Gasteiger partial charge in [-0.1, -0.05) is 36.3 Å². The van der Waals surface area contributed by atoms with Gasteiger partial charge in [-0.05, 0) is 36.6 Å². The summed E-state index contributed by atoms with van der Waals surface area (Å²) in [5.74, 6) is -3.86. The number of carboxylic acid groups (broad SMARTS) is 1. The Balaban J connectivity index is 1.53. The van der Waals surface area contributed by atoms with E-state index in [9.17, 15) is 13.6 Å². The third-order valence-corrected chi connectivity index (χ3v) is 5.19. The fraction of sp³-hybridized carbons (Fsp3) is 0.348. The smallest absolute Gasteiger partial charge is 0.309 e. The Morgan fingerprint density at radius 3 is 2.47 bits per heavy atom. The molecule has 7 nitrogen and oxygen atoms in total. The molecule has 0 saturated carbocycles. The van der Waals surface area contributed by atoms with Crippen molar-refractivity contribution in [2.75, 3.05) is 13.1 Å². The fourth-order valence-electron chi connectivity index (χ4n) is 3.10. The summed E-state index contributed by atoms with van der Waals surface area (Å²) in [7, 11) is 0. The van der Waals surface area contributed by atoms with Crippen LogP contribution < -0.4 is 4.74 Å². The number of carboxylic acids is 1. The summed E-state index contributed by atoms with van der Waals surface area (Å²) in [4.78, 5) is 17.8. The van der Waals surface area contributed by atoms with Crippen LogP contribution in [0.2, 0.25) is 0 Å². The number of rotatable bonds is 9. The number of benzene rings is 2. The van der Waals surface area contributed by atoms with Crippen LogP contribution in [0.5, 0.6) is 5.75 Å². The molecule has 1 fully saturated rings. The van der Waals surface area contributed by atoms with Gasteiger partial charge in [-0.25, -0.2) is 8.78 Å². The Labute approximate surface area is 184 Å². The quantitative estimate of drug-likeness (QED) is 0.345. The molecule has 0 bridgehead atoms. The summed E-state index contributed by atoms with van der Waals surface area (Å²) >= 11 is 0. The molecule has 0 unspecified atom stereocenters. The minimum Gasteiger partial charge on any atom is -0.485 e. The molecule has 1 aliphatic rings. The number of oxime groups is 1. The number of ether oxygens (including phenoxy) is 1. The lowest BCUT2D eigenvalue weighted by molar-refractivity contribution is -0.147. The molecule has 1 atom stereocenters. The molecule has 0 spiro atoms. The average molecular weight is 445 g/mol. The standard InChI is InChI=1S/C23H25F2N3O4/c1-3-14(2)31-21-19(24)8-17(9-20(21)25)22(26)32-27-10-15-4-6-16(7-5-15)11-28-12-18(13-28)23(29)30/h4-10,14,18,26H,3,11-13H2,1-2H3,(H,29,30)/b26-22?,27-10+/t14-/m0/s1. The lowest BCUT2D eigenvalue weighted by Gasteiger charge is -2.36. The predicted molar refractivity (Wildman–Crippen MR) is 115 cm³/mol. The Kier molecular flexibility index (Phi) is 7.53. The van der Waals surface area contributed by atoms with E-state index >= 15 is 0 Å². The highest BCUT2D eigenvalue weighted by atomic mass is 19.1. The maximum atomic E-state index is 14.2. The van der Waals surface area contributed by atoms with E-state index in [4.69, 9.17) is 20.1 Å². The van der Waals surface area contributed by atoms with E-state index < -0.39 is 29.3 Å². The first kappa shape index (κ1) is 23.3. The number of nitrogens with zero attached hydrogens (tertiary/aromatic N) is 2. The van der Waals surface area contributed by atoms with Crippen LogP contribution in [0, 0.1) is 23.0 Å². The minimum atomic E-state index is -0.912. The Morgan fingerprint density at radius 1 is 1.28 bits per heavy atom. The molecule has 3 rings (SSSR count). The summed E-state index contributed by atoms with van der Waals surface area (Å²) < 4.78 is 33.6. The van der Waals surface area contributed by atoms with Crippen LogP contribution in [-0.4, -0.2) is 47.3 Å². The van der Waals surface area contributed by atoms with Crippen LogP contribution in [0.1, 0.15) is 37.0 Å². The molecule has 2 aromatic rings. The zero-order valence-electron chi connectivity index (χ0n) is 17.8. The minimum absolute atomic E-state index is 0.0989. The highest BCUT2D eigenvalue weighted by Gasteiger charge is 2.32. The molecule has 0 radical (unpaired) electrons. The first-order valence-corrected chi connectivity index (χ1v) is 10.3. The SMILES string of the molecule is CC[C@H](C)Oc1c(F)cc(C(=N)O/N=C/c2ccc(CN3CC(C(=O)O)C3)cc2)cc1F. The molecular formula is C23H25F2N3O4. The Morgan fingerprint density at radius 2 is 1.91 bits per heavy atom. The molecule has 0 aromatic heterocycles. The maximum Gasteiger partial charge on any atom is 0.309 e. The zero-order chi connectivity index (χ0) is 23.3. The zero-order valence-corrected chi connectivity index (χ0v) is 17.8. The van der Waals surface area contributed by atoms with Crippen LogP contribution in [0.25, 0.3) is 0 Å². The van der Waals surface area contributed by atoms with Crippen LogP contribution in [0.4, 0.5) is 8.78 Å². The van der Waals surface area contributed by atoms with Gasteiger partial charge in [-0.2, -0.15) is 0 Å². The predicted octanol–water partition coefficient (Wildman–Crippen LogP) is 4.03. The van der Waals surface area contributed by atoms with Gasteiger partial charge in [0.2, 0.25) is 5.90 Å². The van der Waals surface area contributed by atoms with Crippen molar-refractivity contribution >= 4 is 18.1 Å². The first-order chi connectivity index (χ1) is 15.3. The molecule has 1 aliphatic heterocycles. The van der Waals surface area contributed by atoms with Gasteiger partial charge in [-0.15, -0.1) is 0 Å². The number of likely N-dealkylation sites (tertiary alicyclic amines) is 1. The second kappa shape index (κ2) is 10.3. The van der Waals surface area contributed by atoms with E-state index in [2.05, 4.69) is 5.16 Å². The molecule has 32 heavy (non-hydrogen) atoms. The molecule has 170 valence electrons. The molecular weight excluding hydrogens is 420 g/mol. The van der Waals surface area contributed by atoms with Gasteiger partial charge in [0.1, 0.15) is 0 Å². The van der Waals surface area contributed by atoms with Crippen molar-refractivity contribution in [2.24, 2.45) is 11.1 Å². The van der Waals surface area contributed by atoms with Crippen LogP contribution >= 0.6 is 0 Å². The lowest BCUT2D eigenvalue weighted by Crippen LogP contribution is -2.49. The van der Waals surface area contributed by atoms with Gasteiger partial charge in [0.15, 0.2) is 17.4 Å². The molecule has 1 saturated heterocycles. The van der Waals surface area contributed by atoms with Crippen molar-refractivity contribution in [1.29, 1.82) is 5.41 Å². The van der Waals surface area contributed by atoms with Gasteiger partial charge in [-0.3, -0.25) is 15.1 Å². The monoisotopic (exact) mass is 445 g/mol. The van der Waals surface area contributed by atoms with E-state index in [1.54, 1.807) is 19.1 Å². The van der Waals surface area contributed by atoms with Crippen molar-refractivity contribution in [3.05, 3.63) is 64.7 Å². The number of hydrogen-bond donors (Lipinski definition) is 2. The van der Waals surface area contributed by atoms with Crippen molar-refractivity contribution in [3.8, 4) is 5.75 Å². The van der Waals surface area contributed by atoms with Crippen molar-refractivity contribution in [1.82, 2.24) is 4.90 Å². The van der Waals surface area contributed by atoms with Crippen molar-refractivity contribution in [2.45, 2.75) is 32.9 Å². The van der Waals surface area contributed by atoms with Crippen LogP contribution in [-0.2, 0) is 16.2 Å². The average Bonchev–Trinajstić information content (AvgIpc) is 2.73. The second-order valence-electron chi connectivity index (χ2n) is 7.73. The molecule has 1 heterocycles. The van der Waals surface area contributed by atoms with Crippen LogP contribution in [0.15, 0.2) is 41.6 Å². The van der Waals surface area contributed by atoms with E-state index in [0.29, 0.717) is 31.6 Å². The van der Waals surface area contributed by atoms with E-state index in [1.807, 2.05) is 24.0 Å². The summed E-state index contributed by atoms with van der Waals surface area (Å²) in [6.07, 6.45) is 1.64. The summed E-state index contributed by atoms with van der Waals surface area (Å²) in [6.45, 7) is 5.29. The van der Waals surface area contributed by atoms with Crippen molar-refractivity contribution in [3.63, 3.8) is 0 Å². The van der Waals surface area contributed by atoms with Gasteiger partial charge >= 0.3 is 5.97 Å². The summed E-state index contributed by atoms with van der Waals surface area (Å²) in [6, 6.07) is 9.33. The van der Waals surface area contributed by atoms with E-state index in [-0.39, 0.29) is 17.6 Å². The van der Waals surface area contributed by atoms with Gasteiger partial charge in [0, 0.05) is 25.2 Å². The van der Waals surface area contributed by atoms with Gasteiger partial charge in [0.25, 0.3) is 0 Å². The Bertz CT molecular complexity index is 982. The van der Waals surface area contributed by atoms with Crippen LogP contribution in [0.3, 0.4) is 0 Å². The summed E-state index contributed by atoms with van der Waals surface area (Å²) in [5.41, 5.74) is 1.65. The molecule has 2 N–H and O–H groups in total. The third kappa shape index (κ3) is 5.88. The fourth-order valence-corrected chi connectivity index (χ4v) is 3.10. The second-order valence-corrected chi connectivity index (χ2v) is 7.73. The number of halogens is 2. The van der Waals surface area contributed by atoms with Crippen molar-refractivity contribution < 1.29 is 28.3 Å². The normalized spacial score (nSPS) is 15.4. The Hall–Kier alpha value is -3.33. The number of hydrogen-bond acceptors (Lipinski definition) is 6. The lowest BCUT2D eigenvalue weighted by atomic mass is 9.99. The molecule has 0 amide bonds. The highest BCUT2D eigenvalue weighted by molar-refractivity contribution is 5.92. The van der Waals surface area contributed by atoms with Gasteiger partial charge in [0.05, 0.1) is 18.2 Å².